The summed E-state index contributed by atoms with van der Waals surface area (Å²) >= 11 is 0. The zero-order valence-electron chi connectivity index (χ0n) is 10.1. The van der Waals surface area contributed by atoms with E-state index in [-0.39, 0.29) is 6.03 Å². The quantitative estimate of drug-likeness (QED) is 0.598. The zero-order chi connectivity index (χ0) is 11.4. The number of hydrogen-bond donors (Lipinski definition) is 3. The molecule has 0 aromatic carbocycles. The van der Waals surface area contributed by atoms with E-state index in [0.29, 0.717) is 18.1 Å². The molecule has 2 saturated heterocycles. The molecule has 2 heterocycles. The summed E-state index contributed by atoms with van der Waals surface area (Å²) in [6, 6.07) is 1.12. The Labute approximate surface area is 97.6 Å². The van der Waals surface area contributed by atoms with Crippen molar-refractivity contribution in [3.8, 4) is 0 Å². The fourth-order valence-corrected chi connectivity index (χ4v) is 2.77. The maximum Gasteiger partial charge on any atom is 0.315 e. The number of carbonyl (C=O) groups is 1. The van der Waals surface area contributed by atoms with E-state index < -0.39 is 0 Å². The first-order chi connectivity index (χ1) is 7.81. The molecule has 2 amide bonds. The lowest BCUT2D eigenvalue weighted by atomic mass is 10.0. The fraction of sp³-hybridized carbons (Fsp3) is 0.917. The molecule has 0 radical (unpaired) electrons. The van der Waals surface area contributed by atoms with Crippen LogP contribution in [0, 0.1) is 0 Å². The van der Waals surface area contributed by atoms with E-state index in [4.69, 9.17) is 0 Å². The monoisotopic (exact) mass is 225 g/mol. The minimum absolute atomic E-state index is 0.00693. The Bertz CT molecular complexity index is 244. The van der Waals surface area contributed by atoms with Gasteiger partial charge < -0.3 is 16.0 Å². The van der Waals surface area contributed by atoms with Gasteiger partial charge in [-0.05, 0) is 6.42 Å². The third kappa shape index (κ3) is 2.67. The molecule has 3 unspecified atom stereocenters. The highest BCUT2D eigenvalue weighted by Gasteiger charge is 2.41. The first-order valence-corrected chi connectivity index (χ1v) is 6.61. The molecule has 2 aliphatic rings. The van der Waals surface area contributed by atoms with Crippen molar-refractivity contribution in [2.45, 2.75) is 63.6 Å². The van der Waals surface area contributed by atoms with Gasteiger partial charge in [-0.25, -0.2) is 4.79 Å². The molecule has 0 saturated carbocycles. The molecule has 4 heteroatoms. The molecule has 16 heavy (non-hydrogen) atoms. The second-order valence-corrected chi connectivity index (χ2v) is 4.97. The first kappa shape index (κ1) is 11.7. The van der Waals surface area contributed by atoms with E-state index >= 15 is 0 Å². The number of hydrogen-bond acceptors (Lipinski definition) is 2. The molecule has 0 bridgehead atoms. The highest BCUT2D eigenvalue weighted by Crippen LogP contribution is 2.18. The second-order valence-electron chi connectivity index (χ2n) is 4.97. The van der Waals surface area contributed by atoms with Crippen molar-refractivity contribution in [3.05, 3.63) is 0 Å². The van der Waals surface area contributed by atoms with Crippen molar-refractivity contribution < 1.29 is 4.79 Å². The Balaban J connectivity index is 1.65. The molecular formula is C12H23N3O. The van der Waals surface area contributed by atoms with Crippen LogP contribution in [0.25, 0.3) is 0 Å². The van der Waals surface area contributed by atoms with Crippen LogP contribution in [0.4, 0.5) is 4.79 Å². The van der Waals surface area contributed by atoms with Crippen LogP contribution in [-0.2, 0) is 0 Å². The van der Waals surface area contributed by atoms with Crippen LogP contribution >= 0.6 is 0 Å². The molecule has 0 aromatic rings. The van der Waals surface area contributed by atoms with Gasteiger partial charge in [-0.1, -0.05) is 39.0 Å². The molecule has 2 fully saturated rings. The molecule has 3 atom stereocenters. The molecule has 3 N–H and O–H groups in total. The predicted octanol–water partition coefficient (Wildman–Crippen LogP) is 1.37. The zero-order valence-corrected chi connectivity index (χ0v) is 10.1. The third-order valence-electron chi connectivity index (χ3n) is 3.70. The Hall–Kier alpha value is -0.770. The number of rotatable bonds is 6. The van der Waals surface area contributed by atoms with Crippen molar-refractivity contribution in [2.75, 3.05) is 6.54 Å². The molecule has 4 nitrogen and oxygen atoms in total. The van der Waals surface area contributed by atoms with Crippen molar-refractivity contribution in [2.24, 2.45) is 0 Å². The van der Waals surface area contributed by atoms with E-state index in [9.17, 15) is 4.79 Å². The Kier molecular flexibility index (Phi) is 4.04. The lowest BCUT2D eigenvalue weighted by Crippen LogP contribution is -2.40. The molecule has 0 spiro atoms. The molecule has 2 aliphatic heterocycles. The van der Waals surface area contributed by atoms with E-state index in [1.165, 1.54) is 38.5 Å². The summed E-state index contributed by atoms with van der Waals surface area (Å²) in [5.41, 5.74) is 0. The maximum absolute atomic E-state index is 11.2. The van der Waals surface area contributed by atoms with Gasteiger partial charge in [0.25, 0.3) is 0 Å². The normalized spacial score (nSPS) is 32.3. The van der Waals surface area contributed by atoms with Crippen LogP contribution in [-0.4, -0.2) is 30.7 Å². The standard InChI is InChI=1S/C12H23N3O/c1-2-3-4-5-6-7-9-11-10(8-13-9)14-12(16)15-11/h9-11,13H,2-8H2,1H3,(H2,14,15,16). The summed E-state index contributed by atoms with van der Waals surface area (Å²) in [7, 11) is 0. The summed E-state index contributed by atoms with van der Waals surface area (Å²) in [5, 5.41) is 9.44. The van der Waals surface area contributed by atoms with Crippen LogP contribution < -0.4 is 16.0 Å². The molecule has 0 aliphatic carbocycles. The maximum atomic E-state index is 11.2. The smallest absolute Gasteiger partial charge is 0.315 e. The third-order valence-corrected chi connectivity index (χ3v) is 3.70. The average Bonchev–Trinajstić information content (AvgIpc) is 2.78. The summed E-state index contributed by atoms with van der Waals surface area (Å²) in [6.07, 6.45) is 7.78. The number of unbranched alkanes of at least 4 members (excludes halogenated alkanes) is 4. The molecule has 2 rings (SSSR count). The van der Waals surface area contributed by atoms with Crippen LogP contribution in [0.15, 0.2) is 0 Å². The summed E-state index contributed by atoms with van der Waals surface area (Å²) in [5.74, 6) is 0. The minimum atomic E-state index is 0.00693. The largest absolute Gasteiger partial charge is 0.332 e. The van der Waals surface area contributed by atoms with Gasteiger partial charge in [0.15, 0.2) is 0 Å². The molecule has 92 valence electrons. The van der Waals surface area contributed by atoms with Gasteiger partial charge in [-0.3, -0.25) is 0 Å². The van der Waals surface area contributed by atoms with Gasteiger partial charge in [-0.2, -0.15) is 0 Å². The van der Waals surface area contributed by atoms with E-state index in [0.717, 1.165) is 6.54 Å². The highest BCUT2D eigenvalue weighted by atomic mass is 16.2. The van der Waals surface area contributed by atoms with Gasteiger partial charge in [-0.15, -0.1) is 0 Å². The average molecular weight is 225 g/mol. The minimum Gasteiger partial charge on any atom is -0.332 e. The van der Waals surface area contributed by atoms with Crippen LogP contribution in [0.3, 0.4) is 0 Å². The summed E-state index contributed by atoms with van der Waals surface area (Å²) < 4.78 is 0. The number of amides is 2. The van der Waals surface area contributed by atoms with Crippen LogP contribution in [0.1, 0.15) is 45.4 Å². The molecule has 0 aromatic heterocycles. The molecular weight excluding hydrogens is 202 g/mol. The fourth-order valence-electron chi connectivity index (χ4n) is 2.77. The Morgan fingerprint density at radius 1 is 1.19 bits per heavy atom. The van der Waals surface area contributed by atoms with Gasteiger partial charge >= 0.3 is 6.03 Å². The summed E-state index contributed by atoms with van der Waals surface area (Å²) in [4.78, 5) is 11.2. The van der Waals surface area contributed by atoms with Crippen LogP contribution in [0.5, 0.6) is 0 Å². The number of nitrogens with one attached hydrogen (secondary N) is 3. The van der Waals surface area contributed by atoms with Gasteiger partial charge in [0.2, 0.25) is 0 Å². The Morgan fingerprint density at radius 3 is 2.81 bits per heavy atom. The topological polar surface area (TPSA) is 53.2 Å². The lowest BCUT2D eigenvalue weighted by Gasteiger charge is -2.17. The van der Waals surface area contributed by atoms with E-state index in [1.54, 1.807) is 0 Å². The van der Waals surface area contributed by atoms with Gasteiger partial charge in [0.1, 0.15) is 0 Å². The van der Waals surface area contributed by atoms with Crippen molar-refractivity contribution in [1.82, 2.24) is 16.0 Å². The SMILES string of the molecule is CCCCCCCC1NCC2NC(=O)NC12. The second kappa shape index (κ2) is 5.53. The van der Waals surface area contributed by atoms with Crippen molar-refractivity contribution >= 4 is 6.03 Å². The van der Waals surface area contributed by atoms with Gasteiger partial charge in [0.05, 0.1) is 12.1 Å². The van der Waals surface area contributed by atoms with E-state index in [1.807, 2.05) is 0 Å². The van der Waals surface area contributed by atoms with Crippen LogP contribution in [0.2, 0.25) is 0 Å². The predicted molar refractivity (Wildman–Crippen MR) is 64.4 cm³/mol. The van der Waals surface area contributed by atoms with Crippen molar-refractivity contribution in [3.63, 3.8) is 0 Å². The Morgan fingerprint density at radius 2 is 2.00 bits per heavy atom. The van der Waals surface area contributed by atoms with Crippen molar-refractivity contribution in [1.29, 1.82) is 0 Å². The van der Waals surface area contributed by atoms with Gasteiger partial charge in [0, 0.05) is 12.6 Å². The number of fused-ring (bicyclic) bond motifs is 1. The summed E-state index contributed by atoms with van der Waals surface area (Å²) in [6.45, 7) is 3.16. The first-order valence-electron chi connectivity index (χ1n) is 6.61. The van der Waals surface area contributed by atoms with E-state index in [2.05, 4.69) is 22.9 Å². The number of carbonyl (C=O) groups excluding carboxylic acids is 1. The highest BCUT2D eigenvalue weighted by molar-refractivity contribution is 5.77. The lowest BCUT2D eigenvalue weighted by molar-refractivity contribution is 0.245. The number of urea groups is 1.